The Morgan fingerprint density at radius 1 is 1.22 bits per heavy atom. The standard InChI is InChI=1S/C19H22N4O4/c1-4-9-23-12-15(19(25)27-6-3)17(22)14(11-21)16(23)8-7-13(10-20)18(24)26-5-2/h7-8,12H,4-6,9,22H2,1-3H3/b13-7?,16-8+. The normalized spacial score (nSPS) is 15.7. The lowest BCUT2D eigenvalue weighted by atomic mass is 10.00. The van der Waals surface area contributed by atoms with Gasteiger partial charge in [0, 0.05) is 12.7 Å². The molecule has 0 aliphatic carbocycles. The van der Waals surface area contributed by atoms with E-state index in [1.165, 1.54) is 18.4 Å². The number of esters is 2. The fourth-order valence-corrected chi connectivity index (χ4v) is 2.33. The fraction of sp³-hybridized carbons (Fsp3) is 0.368. The van der Waals surface area contributed by atoms with Gasteiger partial charge in [-0.05, 0) is 32.4 Å². The minimum Gasteiger partial charge on any atom is -0.462 e. The van der Waals surface area contributed by atoms with Gasteiger partial charge in [-0.3, -0.25) is 0 Å². The molecule has 0 radical (unpaired) electrons. The van der Waals surface area contributed by atoms with Gasteiger partial charge < -0.3 is 20.1 Å². The largest absolute Gasteiger partial charge is 0.462 e. The van der Waals surface area contributed by atoms with Gasteiger partial charge in [0.25, 0.3) is 0 Å². The highest BCUT2D eigenvalue weighted by atomic mass is 16.5. The van der Waals surface area contributed by atoms with Crippen LogP contribution >= 0.6 is 0 Å². The van der Waals surface area contributed by atoms with Crippen LogP contribution < -0.4 is 5.73 Å². The van der Waals surface area contributed by atoms with Crippen LogP contribution in [0.25, 0.3) is 0 Å². The van der Waals surface area contributed by atoms with Crippen molar-refractivity contribution in [2.24, 2.45) is 5.73 Å². The minimum absolute atomic E-state index is 0.0161. The van der Waals surface area contributed by atoms with Gasteiger partial charge in [0.15, 0.2) is 0 Å². The Hall–Kier alpha value is -3.52. The number of ether oxygens (including phenoxy) is 2. The Labute approximate surface area is 158 Å². The molecule has 0 saturated heterocycles. The van der Waals surface area contributed by atoms with Crippen molar-refractivity contribution in [3.05, 3.63) is 46.5 Å². The molecule has 0 aromatic carbocycles. The number of nitrogens with two attached hydrogens (primary N) is 1. The van der Waals surface area contributed by atoms with Crippen molar-refractivity contribution < 1.29 is 19.1 Å². The first-order valence-corrected chi connectivity index (χ1v) is 8.50. The summed E-state index contributed by atoms with van der Waals surface area (Å²) >= 11 is 0. The van der Waals surface area contributed by atoms with E-state index in [4.69, 9.17) is 20.5 Å². The molecular formula is C19H22N4O4. The van der Waals surface area contributed by atoms with E-state index in [-0.39, 0.29) is 35.6 Å². The van der Waals surface area contributed by atoms with Crippen molar-refractivity contribution >= 4 is 11.9 Å². The van der Waals surface area contributed by atoms with Gasteiger partial charge in [-0.1, -0.05) is 6.92 Å². The predicted molar refractivity (Wildman–Crippen MR) is 97.0 cm³/mol. The van der Waals surface area contributed by atoms with Crippen LogP contribution in [0.15, 0.2) is 46.5 Å². The van der Waals surface area contributed by atoms with E-state index < -0.39 is 11.9 Å². The first kappa shape index (κ1) is 21.5. The number of nitrogens with zero attached hydrogens (tertiary/aromatic N) is 3. The summed E-state index contributed by atoms with van der Waals surface area (Å²) in [5.41, 5.74) is 6.31. The molecule has 1 rings (SSSR count). The average molecular weight is 370 g/mol. The van der Waals surface area contributed by atoms with Crippen LogP contribution in [0.1, 0.15) is 27.2 Å². The van der Waals surface area contributed by atoms with Crippen molar-refractivity contribution in [2.75, 3.05) is 19.8 Å². The van der Waals surface area contributed by atoms with Crippen LogP contribution in [-0.4, -0.2) is 36.6 Å². The average Bonchev–Trinajstić information content (AvgIpc) is 2.64. The smallest absolute Gasteiger partial charge is 0.348 e. The second-order valence-electron chi connectivity index (χ2n) is 5.32. The monoisotopic (exact) mass is 370 g/mol. The van der Waals surface area contributed by atoms with E-state index in [9.17, 15) is 14.9 Å². The summed E-state index contributed by atoms with van der Waals surface area (Å²) in [5.74, 6) is -1.38. The SMILES string of the molecule is CCCN1C=C(C(=O)OCC)C(N)=C(C#N)/C1=C\C=C(C#N)C(=O)OCC. The summed E-state index contributed by atoms with van der Waals surface area (Å²) < 4.78 is 9.80. The number of rotatable bonds is 7. The first-order chi connectivity index (χ1) is 12.9. The Morgan fingerprint density at radius 2 is 1.89 bits per heavy atom. The summed E-state index contributed by atoms with van der Waals surface area (Å²) in [4.78, 5) is 25.5. The van der Waals surface area contributed by atoms with E-state index in [2.05, 4.69) is 0 Å². The molecule has 0 unspecified atom stereocenters. The third-order valence-corrected chi connectivity index (χ3v) is 3.51. The van der Waals surface area contributed by atoms with Crippen LogP contribution in [0.2, 0.25) is 0 Å². The molecule has 0 fully saturated rings. The van der Waals surface area contributed by atoms with Gasteiger partial charge in [-0.15, -0.1) is 0 Å². The Morgan fingerprint density at radius 3 is 2.41 bits per heavy atom. The van der Waals surface area contributed by atoms with Crippen LogP contribution in [0.3, 0.4) is 0 Å². The van der Waals surface area contributed by atoms with Crippen molar-refractivity contribution in [1.29, 1.82) is 10.5 Å². The number of carbonyl (C=O) groups excluding carboxylic acids is 2. The van der Waals surface area contributed by atoms with Gasteiger partial charge >= 0.3 is 11.9 Å². The van der Waals surface area contributed by atoms with Crippen molar-refractivity contribution in [3.63, 3.8) is 0 Å². The maximum absolute atomic E-state index is 12.1. The first-order valence-electron chi connectivity index (χ1n) is 8.50. The number of allylic oxidation sites excluding steroid dienone is 3. The van der Waals surface area contributed by atoms with Gasteiger partial charge in [0.1, 0.15) is 23.3 Å². The number of hydrogen-bond donors (Lipinski definition) is 1. The van der Waals surface area contributed by atoms with Gasteiger partial charge in [0.05, 0.1) is 30.2 Å². The van der Waals surface area contributed by atoms with Crippen molar-refractivity contribution in [1.82, 2.24) is 4.90 Å². The van der Waals surface area contributed by atoms with Crippen LogP contribution in [0.4, 0.5) is 0 Å². The fourth-order valence-electron chi connectivity index (χ4n) is 2.33. The molecule has 1 heterocycles. The molecule has 2 N–H and O–H groups in total. The van der Waals surface area contributed by atoms with E-state index in [1.54, 1.807) is 24.8 Å². The molecule has 27 heavy (non-hydrogen) atoms. The van der Waals surface area contributed by atoms with Crippen molar-refractivity contribution in [3.8, 4) is 12.1 Å². The molecule has 8 nitrogen and oxygen atoms in total. The van der Waals surface area contributed by atoms with E-state index in [1.807, 2.05) is 13.0 Å². The summed E-state index contributed by atoms with van der Waals surface area (Å²) in [5, 5.41) is 18.7. The Bertz CT molecular complexity index is 807. The molecule has 0 atom stereocenters. The Kier molecular flexibility index (Phi) is 8.34. The molecule has 0 bridgehead atoms. The zero-order chi connectivity index (χ0) is 20.4. The third-order valence-electron chi connectivity index (χ3n) is 3.51. The maximum atomic E-state index is 12.1. The lowest BCUT2D eigenvalue weighted by molar-refractivity contribution is -0.139. The molecule has 1 aliphatic rings. The molecular weight excluding hydrogens is 348 g/mol. The second-order valence-corrected chi connectivity index (χ2v) is 5.32. The van der Waals surface area contributed by atoms with Crippen LogP contribution in [0.5, 0.6) is 0 Å². The summed E-state index contributed by atoms with van der Waals surface area (Å²) in [7, 11) is 0. The predicted octanol–water partition coefficient (Wildman–Crippen LogP) is 1.79. The van der Waals surface area contributed by atoms with Gasteiger partial charge in [0.2, 0.25) is 0 Å². The highest BCUT2D eigenvalue weighted by Gasteiger charge is 2.27. The number of hydrogen-bond acceptors (Lipinski definition) is 8. The molecule has 8 heteroatoms. The lowest BCUT2D eigenvalue weighted by Gasteiger charge is -2.28. The molecule has 0 aromatic rings. The molecule has 0 spiro atoms. The van der Waals surface area contributed by atoms with Crippen molar-refractivity contribution in [2.45, 2.75) is 27.2 Å². The summed E-state index contributed by atoms with van der Waals surface area (Å²) in [6.07, 6.45) is 4.93. The number of nitriles is 2. The van der Waals surface area contributed by atoms with Gasteiger partial charge in [-0.25, -0.2) is 9.59 Å². The quantitative estimate of drug-likeness (QED) is 0.408. The van der Waals surface area contributed by atoms with E-state index >= 15 is 0 Å². The summed E-state index contributed by atoms with van der Waals surface area (Å²) in [6, 6.07) is 3.75. The molecule has 1 aliphatic heterocycles. The van der Waals surface area contributed by atoms with E-state index in [0.717, 1.165) is 6.42 Å². The molecule has 0 amide bonds. The van der Waals surface area contributed by atoms with Gasteiger partial charge in [-0.2, -0.15) is 10.5 Å². The van der Waals surface area contributed by atoms with E-state index in [0.29, 0.717) is 12.2 Å². The van der Waals surface area contributed by atoms with Crippen LogP contribution in [-0.2, 0) is 19.1 Å². The zero-order valence-corrected chi connectivity index (χ0v) is 15.6. The molecule has 0 aromatic heterocycles. The number of carbonyl (C=O) groups is 2. The highest BCUT2D eigenvalue weighted by molar-refractivity contribution is 5.95. The van der Waals surface area contributed by atoms with Crippen LogP contribution in [0, 0.1) is 22.7 Å². The maximum Gasteiger partial charge on any atom is 0.348 e. The minimum atomic E-state index is -0.757. The second kappa shape index (κ2) is 10.5. The topological polar surface area (TPSA) is 129 Å². The Balaban J connectivity index is 3.44. The summed E-state index contributed by atoms with van der Waals surface area (Å²) in [6.45, 7) is 6.04. The molecule has 0 saturated carbocycles. The third kappa shape index (κ3) is 5.23. The highest BCUT2D eigenvalue weighted by Crippen LogP contribution is 2.28. The molecule has 142 valence electrons. The zero-order valence-electron chi connectivity index (χ0n) is 15.6. The lowest BCUT2D eigenvalue weighted by Crippen LogP contribution is -2.29.